The Labute approximate surface area is 129 Å². The van der Waals surface area contributed by atoms with Crippen molar-refractivity contribution in [2.24, 2.45) is 12.8 Å². The summed E-state index contributed by atoms with van der Waals surface area (Å²) in [5.41, 5.74) is 10.9. The van der Waals surface area contributed by atoms with Crippen LogP contribution in [-0.2, 0) is 24.6 Å². The highest BCUT2D eigenvalue weighted by molar-refractivity contribution is 6.30. The van der Waals surface area contributed by atoms with Crippen LogP contribution in [0.15, 0.2) is 24.3 Å². The van der Waals surface area contributed by atoms with Crippen LogP contribution < -0.4 is 5.73 Å². The second-order valence-corrected chi connectivity index (χ2v) is 5.94. The second kappa shape index (κ2) is 5.79. The largest absolute Gasteiger partial charge is 0.372 e. The molecule has 1 aliphatic rings. The Balaban J connectivity index is 1.85. The Morgan fingerprint density at radius 1 is 1.48 bits per heavy atom. The van der Waals surface area contributed by atoms with Crippen LogP contribution in [0.4, 0.5) is 0 Å². The summed E-state index contributed by atoms with van der Waals surface area (Å²) in [7, 11) is 1.84. The number of hydrogen-bond acceptors (Lipinski definition) is 3. The molecule has 1 aromatic heterocycles. The van der Waals surface area contributed by atoms with Gasteiger partial charge >= 0.3 is 0 Å². The number of nitrogens with two attached hydrogens (primary N) is 1. The van der Waals surface area contributed by atoms with E-state index in [4.69, 9.17) is 22.1 Å². The normalized spacial score (nSPS) is 19.3. The summed E-state index contributed by atoms with van der Waals surface area (Å²) in [6.45, 7) is 2.68. The monoisotopic (exact) mass is 305 g/mol. The fourth-order valence-corrected chi connectivity index (χ4v) is 3.28. The first-order chi connectivity index (χ1) is 10.1. The van der Waals surface area contributed by atoms with E-state index >= 15 is 0 Å². The van der Waals surface area contributed by atoms with Crippen LogP contribution in [0.2, 0.25) is 5.15 Å². The average molecular weight is 306 g/mol. The second-order valence-electron chi connectivity index (χ2n) is 5.59. The summed E-state index contributed by atoms with van der Waals surface area (Å²) < 4.78 is 7.62. The first-order valence-corrected chi connectivity index (χ1v) is 7.58. The molecule has 5 heteroatoms. The van der Waals surface area contributed by atoms with E-state index in [9.17, 15) is 0 Å². The van der Waals surface area contributed by atoms with Crippen LogP contribution in [0, 0.1) is 6.92 Å². The zero-order valence-corrected chi connectivity index (χ0v) is 13.1. The number of nitrogens with zero attached hydrogens (tertiary/aromatic N) is 2. The number of aryl methyl sites for hydroxylation is 2. The quantitative estimate of drug-likeness (QED) is 0.948. The molecule has 1 aliphatic heterocycles. The Bertz CT molecular complexity index is 653. The molecule has 0 bridgehead atoms. The maximum absolute atomic E-state index is 6.42. The number of rotatable bonds is 3. The summed E-state index contributed by atoms with van der Waals surface area (Å²) in [5.74, 6) is 0. The molecule has 3 rings (SSSR count). The molecule has 0 saturated heterocycles. The molecular weight excluding hydrogens is 286 g/mol. The smallest absolute Gasteiger partial charge is 0.130 e. The maximum atomic E-state index is 6.42. The van der Waals surface area contributed by atoms with E-state index in [0.717, 1.165) is 24.3 Å². The molecule has 1 aromatic carbocycles. The van der Waals surface area contributed by atoms with Gasteiger partial charge in [-0.3, -0.25) is 4.68 Å². The minimum atomic E-state index is -0.133. The zero-order chi connectivity index (χ0) is 15.0. The molecule has 0 radical (unpaired) electrons. The standard InChI is InChI=1S/C16H20ClN3O/c1-10-13(16(17)20(2)19-10)9-14(18)15-12-6-4-3-5-11(12)7-8-21-15/h3-6,14-15H,7-9,18H2,1-2H3. The minimum absolute atomic E-state index is 0.0781. The molecule has 0 amide bonds. The van der Waals surface area contributed by atoms with Crippen LogP contribution in [0.1, 0.15) is 28.5 Å². The van der Waals surface area contributed by atoms with Crippen molar-refractivity contribution in [3.63, 3.8) is 0 Å². The van der Waals surface area contributed by atoms with E-state index in [1.807, 2.05) is 20.0 Å². The Morgan fingerprint density at radius 2 is 2.24 bits per heavy atom. The Morgan fingerprint density at radius 3 is 2.95 bits per heavy atom. The molecule has 0 saturated carbocycles. The number of ether oxygens (including phenoxy) is 1. The van der Waals surface area contributed by atoms with Crippen molar-refractivity contribution in [2.75, 3.05) is 6.61 Å². The van der Waals surface area contributed by atoms with Gasteiger partial charge in [-0.05, 0) is 30.9 Å². The van der Waals surface area contributed by atoms with Crippen molar-refractivity contribution >= 4 is 11.6 Å². The van der Waals surface area contributed by atoms with Crippen LogP contribution >= 0.6 is 11.6 Å². The van der Waals surface area contributed by atoms with Crippen molar-refractivity contribution < 1.29 is 4.74 Å². The summed E-state index contributed by atoms with van der Waals surface area (Å²) in [4.78, 5) is 0. The third kappa shape index (κ3) is 2.71. The molecule has 21 heavy (non-hydrogen) atoms. The lowest BCUT2D eigenvalue weighted by atomic mass is 9.91. The number of benzene rings is 1. The van der Waals surface area contributed by atoms with Crippen molar-refractivity contribution in [1.82, 2.24) is 9.78 Å². The van der Waals surface area contributed by atoms with Crippen molar-refractivity contribution in [2.45, 2.75) is 31.9 Å². The fraction of sp³-hybridized carbons (Fsp3) is 0.438. The van der Waals surface area contributed by atoms with Crippen molar-refractivity contribution in [3.05, 3.63) is 51.8 Å². The number of hydrogen-bond donors (Lipinski definition) is 1. The minimum Gasteiger partial charge on any atom is -0.372 e. The van der Waals surface area contributed by atoms with Gasteiger partial charge in [-0.1, -0.05) is 35.9 Å². The molecule has 2 atom stereocenters. The SMILES string of the molecule is Cc1nn(C)c(Cl)c1CC(N)C1OCCc2ccccc21. The molecule has 2 heterocycles. The third-order valence-electron chi connectivity index (χ3n) is 4.13. The lowest BCUT2D eigenvalue weighted by Crippen LogP contribution is -2.35. The predicted molar refractivity (Wildman–Crippen MR) is 83.5 cm³/mol. The Hall–Kier alpha value is -1.36. The number of aromatic nitrogens is 2. The first-order valence-electron chi connectivity index (χ1n) is 7.21. The number of fused-ring (bicyclic) bond motifs is 1. The molecule has 112 valence electrons. The van der Waals surface area contributed by atoms with E-state index < -0.39 is 0 Å². The highest BCUT2D eigenvalue weighted by atomic mass is 35.5. The van der Waals surface area contributed by atoms with E-state index in [2.05, 4.69) is 23.3 Å². The zero-order valence-electron chi connectivity index (χ0n) is 12.3. The third-order valence-corrected chi connectivity index (χ3v) is 4.60. The molecule has 0 aliphatic carbocycles. The van der Waals surface area contributed by atoms with Crippen molar-refractivity contribution in [1.29, 1.82) is 0 Å². The lowest BCUT2D eigenvalue weighted by Gasteiger charge is -2.30. The van der Waals surface area contributed by atoms with E-state index in [1.54, 1.807) is 4.68 Å². The van der Waals surface area contributed by atoms with Crippen molar-refractivity contribution in [3.8, 4) is 0 Å². The van der Waals surface area contributed by atoms with Gasteiger partial charge < -0.3 is 10.5 Å². The topological polar surface area (TPSA) is 53.1 Å². The molecule has 2 unspecified atom stereocenters. The van der Waals surface area contributed by atoms with Gasteiger partial charge in [-0.25, -0.2) is 0 Å². The maximum Gasteiger partial charge on any atom is 0.130 e. The van der Waals surface area contributed by atoms with Gasteiger partial charge in [-0.2, -0.15) is 5.10 Å². The van der Waals surface area contributed by atoms with Crippen LogP contribution in [0.3, 0.4) is 0 Å². The molecule has 0 fully saturated rings. The van der Waals surface area contributed by atoms with Gasteiger partial charge in [-0.15, -0.1) is 0 Å². The van der Waals surface area contributed by atoms with Crippen LogP contribution in [0.25, 0.3) is 0 Å². The first kappa shape index (κ1) is 14.6. The lowest BCUT2D eigenvalue weighted by molar-refractivity contribution is 0.0246. The van der Waals surface area contributed by atoms with Gasteiger partial charge in [0, 0.05) is 18.7 Å². The van der Waals surface area contributed by atoms with Crippen LogP contribution in [-0.4, -0.2) is 22.4 Å². The summed E-state index contributed by atoms with van der Waals surface area (Å²) >= 11 is 6.30. The van der Waals surface area contributed by atoms with Gasteiger partial charge in [0.2, 0.25) is 0 Å². The highest BCUT2D eigenvalue weighted by Crippen LogP contribution is 2.31. The Kier molecular flexibility index (Phi) is 4.02. The number of halogens is 1. The predicted octanol–water partition coefficient (Wildman–Crippen LogP) is 2.57. The molecule has 0 spiro atoms. The highest BCUT2D eigenvalue weighted by Gasteiger charge is 2.28. The molecule has 2 aromatic rings. The van der Waals surface area contributed by atoms with Gasteiger partial charge in [0.1, 0.15) is 5.15 Å². The fourth-order valence-electron chi connectivity index (χ4n) is 3.03. The van der Waals surface area contributed by atoms with E-state index in [1.165, 1.54) is 11.1 Å². The van der Waals surface area contributed by atoms with E-state index in [0.29, 0.717) is 11.6 Å². The van der Waals surface area contributed by atoms with Gasteiger partial charge in [0.05, 0.1) is 18.4 Å². The molecular formula is C16H20ClN3O. The van der Waals surface area contributed by atoms with Crippen LogP contribution in [0.5, 0.6) is 0 Å². The summed E-state index contributed by atoms with van der Waals surface area (Å²) in [5, 5.41) is 5.00. The van der Waals surface area contributed by atoms with Gasteiger partial charge in [0.25, 0.3) is 0 Å². The van der Waals surface area contributed by atoms with Gasteiger partial charge in [0.15, 0.2) is 0 Å². The summed E-state index contributed by atoms with van der Waals surface area (Å²) in [6, 6.07) is 8.23. The summed E-state index contributed by atoms with van der Waals surface area (Å²) in [6.07, 6.45) is 1.54. The molecule has 4 nitrogen and oxygen atoms in total. The molecule has 2 N–H and O–H groups in total. The van der Waals surface area contributed by atoms with E-state index in [-0.39, 0.29) is 12.1 Å². The average Bonchev–Trinajstić information content (AvgIpc) is 2.73.